The van der Waals surface area contributed by atoms with Crippen molar-refractivity contribution >= 4 is 34.1 Å². The van der Waals surface area contributed by atoms with Crippen LogP contribution in [0.15, 0.2) is 36.4 Å². The van der Waals surface area contributed by atoms with E-state index in [-0.39, 0.29) is 26.6 Å². The first-order valence-electron chi connectivity index (χ1n) is 7.75. The third-order valence-electron chi connectivity index (χ3n) is 4.04. The van der Waals surface area contributed by atoms with Gasteiger partial charge in [0.1, 0.15) is 17.1 Å². The molecule has 156 valence electrons. The van der Waals surface area contributed by atoms with Crippen LogP contribution in [-0.2, 0) is 5.60 Å². The minimum Gasteiger partial charge on any atom is -0.406 e. The first-order valence-corrected chi connectivity index (χ1v) is 8.50. The molecule has 0 spiro atoms. The van der Waals surface area contributed by atoms with Crippen molar-refractivity contribution in [2.75, 3.05) is 0 Å². The number of hydrogen-bond donors (Lipinski definition) is 1. The number of benzene rings is 2. The molecule has 3 aromatic rings. The smallest absolute Gasteiger partial charge is 0.406 e. The summed E-state index contributed by atoms with van der Waals surface area (Å²) in [7, 11) is 0. The first kappa shape index (κ1) is 21.5. The standard InChI is InChI=1S/C17H10Cl2F6N2O2/c1-15(28,16(20,21)22)14-9-4-2-3-5-12(9)27(26-14)13-10(18)6-8(7-11(13)19)29-17(23,24)25/h2-7,28H,1H3. The van der Waals surface area contributed by atoms with Gasteiger partial charge in [-0.2, -0.15) is 18.3 Å². The predicted octanol–water partition coefficient (Wildman–Crippen LogP) is 6.00. The Kier molecular flexibility index (Phi) is 5.17. The highest BCUT2D eigenvalue weighted by Gasteiger charge is 2.53. The summed E-state index contributed by atoms with van der Waals surface area (Å²) in [5.41, 5.74) is -4.11. The van der Waals surface area contributed by atoms with Gasteiger partial charge in [-0.05, 0) is 13.0 Å². The molecule has 0 aliphatic heterocycles. The summed E-state index contributed by atoms with van der Waals surface area (Å²) in [6.45, 7) is 0.537. The number of aromatic nitrogens is 2. The fraction of sp³-hybridized carbons (Fsp3) is 0.235. The Morgan fingerprint density at radius 2 is 1.55 bits per heavy atom. The summed E-state index contributed by atoms with van der Waals surface area (Å²) in [5.74, 6) is -0.713. The molecule has 2 aromatic carbocycles. The van der Waals surface area contributed by atoms with Gasteiger partial charge in [0.15, 0.2) is 0 Å². The van der Waals surface area contributed by atoms with Gasteiger partial charge < -0.3 is 9.84 Å². The minimum absolute atomic E-state index is 0.0439. The van der Waals surface area contributed by atoms with Crippen molar-refractivity contribution in [3.8, 4) is 11.4 Å². The Morgan fingerprint density at radius 1 is 1.00 bits per heavy atom. The van der Waals surface area contributed by atoms with Crippen LogP contribution < -0.4 is 4.74 Å². The van der Waals surface area contributed by atoms with E-state index < -0.39 is 29.6 Å². The second kappa shape index (κ2) is 6.96. The summed E-state index contributed by atoms with van der Waals surface area (Å²) in [6.07, 6.45) is -10.0. The first-order chi connectivity index (χ1) is 13.2. The molecule has 0 saturated heterocycles. The van der Waals surface area contributed by atoms with E-state index in [0.29, 0.717) is 6.92 Å². The van der Waals surface area contributed by atoms with E-state index in [1.807, 2.05) is 0 Å². The Balaban J connectivity index is 2.25. The van der Waals surface area contributed by atoms with Gasteiger partial charge in [-0.25, -0.2) is 4.68 Å². The van der Waals surface area contributed by atoms with Crippen molar-refractivity contribution in [1.82, 2.24) is 9.78 Å². The molecule has 1 N–H and O–H groups in total. The molecule has 1 heterocycles. The van der Waals surface area contributed by atoms with Crippen LogP contribution in [0.4, 0.5) is 26.3 Å². The normalized spacial score (nSPS) is 14.8. The molecular formula is C17H10Cl2F6N2O2. The highest BCUT2D eigenvalue weighted by atomic mass is 35.5. The van der Waals surface area contributed by atoms with E-state index in [0.717, 1.165) is 16.8 Å². The van der Waals surface area contributed by atoms with Crippen LogP contribution in [0.3, 0.4) is 0 Å². The van der Waals surface area contributed by atoms with E-state index in [1.165, 1.54) is 24.3 Å². The molecule has 0 radical (unpaired) electrons. The Labute approximate surface area is 169 Å². The van der Waals surface area contributed by atoms with Crippen molar-refractivity contribution in [3.63, 3.8) is 0 Å². The molecule has 0 amide bonds. The average Bonchev–Trinajstić information content (AvgIpc) is 2.92. The number of hydrogen-bond acceptors (Lipinski definition) is 3. The van der Waals surface area contributed by atoms with Crippen LogP contribution >= 0.6 is 23.2 Å². The van der Waals surface area contributed by atoms with Crippen molar-refractivity contribution in [2.45, 2.75) is 25.1 Å². The van der Waals surface area contributed by atoms with E-state index in [9.17, 15) is 31.4 Å². The maximum Gasteiger partial charge on any atom is 0.573 e. The Morgan fingerprint density at radius 3 is 2.07 bits per heavy atom. The average molecular weight is 459 g/mol. The van der Waals surface area contributed by atoms with Crippen molar-refractivity contribution in [3.05, 3.63) is 52.1 Å². The molecule has 1 atom stereocenters. The number of ether oxygens (including phenoxy) is 1. The molecular weight excluding hydrogens is 449 g/mol. The van der Waals surface area contributed by atoms with Gasteiger partial charge in [0.25, 0.3) is 0 Å². The summed E-state index contributed by atoms with van der Waals surface area (Å²) < 4.78 is 82.0. The van der Waals surface area contributed by atoms with Gasteiger partial charge in [0, 0.05) is 17.5 Å². The van der Waals surface area contributed by atoms with Crippen LogP contribution in [0.1, 0.15) is 12.6 Å². The van der Waals surface area contributed by atoms with E-state index >= 15 is 0 Å². The molecule has 0 aliphatic carbocycles. The summed E-state index contributed by atoms with van der Waals surface area (Å²) in [5, 5.41) is 13.2. The number of fused-ring (bicyclic) bond motifs is 1. The summed E-state index contributed by atoms with van der Waals surface area (Å²) >= 11 is 12.1. The molecule has 4 nitrogen and oxygen atoms in total. The van der Waals surface area contributed by atoms with Gasteiger partial charge in [0.2, 0.25) is 5.60 Å². The van der Waals surface area contributed by atoms with Gasteiger partial charge >= 0.3 is 12.5 Å². The van der Waals surface area contributed by atoms with Gasteiger partial charge in [0.05, 0.1) is 15.6 Å². The van der Waals surface area contributed by atoms with Crippen LogP contribution in [0.5, 0.6) is 5.75 Å². The second-order valence-electron chi connectivity index (χ2n) is 6.13. The van der Waals surface area contributed by atoms with Crippen LogP contribution in [0.2, 0.25) is 10.0 Å². The van der Waals surface area contributed by atoms with Crippen molar-refractivity contribution < 1.29 is 36.2 Å². The lowest BCUT2D eigenvalue weighted by molar-refractivity contribution is -0.274. The number of para-hydroxylation sites is 1. The summed E-state index contributed by atoms with van der Waals surface area (Å²) in [4.78, 5) is 0. The Hall–Kier alpha value is -2.17. The van der Waals surface area contributed by atoms with Gasteiger partial charge in [-0.3, -0.25) is 0 Å². The lowest BCUT2D eigenvalue weighted by Gasteiger charge is -2.24. The molecule has 0 saturated carbocycles. The highest BCUT2D eigenvalue weighted by Crippen LogP contribution is 2.43. The van der Waals surface area contributed by atoms with E-state index in [4.69, 9.17) is 23.2 Å². The largest absolute Gasteiger partial charge is 0.573 e. The Bertz CT molecular complexity index is 1050. The monoisotopic (exact) mass is 458 g/mol. The van der Waals surface area contributed by atoms with E-state index in [2.05, 4.69) is 9.84 Å². The van der Waals surface area contributed by atoms with Gasteiger partial charge in [-0.15, -0.1) is 13.2 Å². The number of aliphatic hydroxyl groups is 1. The molecule has 1 aromatic heterocycles. The number of rotatable bonds is 3. The van der Waals surface area contributed by atoms with Crippen LogP contribution in [0, 0.1) is 0 Å². The maximum absolute atomic E-state index is 13.4. The predicted molar refractivity (Wildman–Crippen MR) is 93.4 cm³/mol. The number of nitrogens with zero attached hydrogens (tertiary/aromatic N) is 2. The SMILES string of the molecule is CC(O)(c1nn(-c2c(Cl)cc(OC(F)(F)F)cc2Cl)c2ccccc12)C(F)(F)F. The fourth-order valence-corrected chi connectivity index (χ4v) is 3.29. The highest BCUT2D eigenvalue weighted by molar-refractivity contribution is 6.38. The third kappa shape index (κ3) is 3.96. The molecule has 0 aliphatic rings. The lowest BCUT2D eigenvalue weighted by atomic mass is 9.98. The molecule has 29 heavy (non-hydrogen) atoms. The molecule has 12 heteroatoms. The van der Waals surface area contributed by atoms with Gasteiger partial charge in [-0.1, -0.05) is 41.4 Å². The lowest BCUT2D eigenvalue weighted by Crippen LogP contribution is -2.39. The second-order valence-corrected chi connectivity index (χ2v) is 6.95. The maximum atomic E-state index is 13.4. The zero-order valence-corrected chi connectivity index (χ0v) is 15.7. The molecule has 3 rings (SSSR count). The number of alkyl halides is 6. The number of halogens is 8. The fourth-order valence-electron chi connectivity index (χ4n) is 2.67. The van der Waals surface area contributed by atoms with Crippen LogP contribution in [-0.4, -0.2) is 27.4 Å². The van der Waals surface area contributed by atoms with Crippen molar-refractivity contribution in [1.29, 1.82) is 0 Å². The van der Waals surface area contributed by atoms with E-state index in [1.54, 1.807) is 0 Å². The van der Waals surface area contributed by atoms with Crippen LogP contribution in [0.25, 0.3) is 16.6 Å². The third-order valence-corrected chi connectivity index (χ3v) is 4.61. The quantitative estimate of drug-likeness (QED) is 0.489. The molecule has 0 bridgehead atoms. The zero-order chi connectivity index (χ0) is 21.8. The molecule has 0 fully saturated rings. The zero-order valence-electron chi connectivity index (χ0n) is 14.2. The topological polar surface area (TPSA) is 47.3 Å². The molecule has 1 unspecified atom stereocenters. The van der Waals surface area contributed by atoms with Crippen molar-refractivity contribution in [2.24, 2.45) is 0 Å². The summed E-state index contributed by atoms with van der Waals surface area (Å²) in [6, 6.07) is 7.23. The minimum atomic E-state index is -5.05.